The number of benzene rings is 10. The van der Waals surface area contributed by atoms with Crippen LogP contribution in [-0.2, 0) is 16.2 Å². The van der Waals surface area contributed by atoms with Gasteiger partial charge >= 0.3 is 0 Å². The molecule has 386 valence electrons. The van der Waals surface area contributed by atoms with Crippen LogP contribution in [0.4, 0.5) is 34.1 Å². The Balaban J connectivity index is 0.727. The molecular formula is C75H64N2O2. The smallest absolute Gasteiger partial charge is 0.119 e. The second kappa shape index (κ2) is 19.1. The Bertz CT molecular complexity index is 3790. The molecule has 0 N–H and O–H groups in total. The predicted molar refractivity (Wildman–Crippen MR) is 332 cm³/mol. The van der Waals surface area contributed by atoms with E-state index in [-0.39, 0.29) is 16.2 Å². The highest BCUT2D eigenvalue weighted by Gasteiger charge is 2.39. The third-order valence-electron chi connectivity index (χ3n) is 17.2. The molecule has 0 heterocycles. The van der Waals surface area contributed by atoms with Gasteiger partial charge in [0.2, 0.25) is 0 Å². The zero-order chi connectivity index (χ0) is 54.2. The van der Waals surface area contributed by atoms with Gasteiger partial charge in [-0.1, -0.05) is 187 Å². The highest BCUT2D eigenvalue weighted by atomic mass is 16.5. The molecule has 79 heavy (non-hydrogen) atoms. The Morgan fingerprint density at radius 1 is 0.266 bits per heavy atom. The van der Waals surface area contributed by atoms with E-state index in [0.29, 0.717) is 0 Å². The molecule has 0 atom stereocenters. The summed E-state index contributed by atoms with van der Waals surface area (Å²) in [6.45, 7) is 14.2. The first-order chi connectivity index (χ1) is 38.3. The average Bonchev–Trinajstić information content (AvgIpc) is 4.15. The molecule has 0 bridgehead atoms. The Morgan fingerprint density at radius 3 is 0.785 bits per heavy atom. The fourth-order valence-corrected chi connectivity index (χ4v) is 12.8. The molecule has 4 heteroatoms. The van der Waals surface area contributed by atoms with Crippen LogP contribution in [0.15, 0.2) is 218 Å². The van der Waals surface area contributed by atoms with E-state index in [9.17, 15) is 0 Å². The Morgan fingerprint density at radius 2 is 0.506 bits per heavy atom. The van der Waals surface area contributed by atoms with Crippen molar-refractivity contribution < 1.29 is 9.47 Å². The number of nitrogens with zero attached hydrogens (tertiary/aromatic N) is 2. The SMILES string of the molecule is COc1ccc(N(c2ccccc2)c2ccc3c(c2)C(C)(C)c2cc(/C=C/c4ccc5c(c4)C(C)(C)c4cc(/C=C/c6ccc7c(c6)C(C)(C)c6cc(N(c8ccccc8)c8ccc(OC)cc8)ccc6-7)ccc4-5)ccc2-3)cc1. The Kier molecular flexibility index (Phi) is 12.0. The summed E-state index contributed by atoms with van der Waals surface area (Å²) in [5.74, 6) is 1.68. The molecule has 0 spiro atoms. The molecule has 0 radical (unpaired) electrons. The lowest BCUT2D eigenvalue weighted by Crippen LogP contribution is -2.16. The van der Waals surface area contributed by atoms with Crippen LogP contribution in [0, 0.1) is 0 Å². The molecule has 0 aromatic heterocycles. The monoisotopic (exact) mass is 1020 g/mol. The van der Waals surface area contributed by atoms with Gasteiger partial charge in [0.15, 0.2) is 0 Å². The van der Waals surface area contributed by atoms with Crippen molar-refractivity contribution in [3.63, 3.8) is 0 Å². The van der Waals surface area contributed by atoms with Crippen LogP contribution < -0.4 is 19.3 Å². The third-order valence-corrected chi connectivity index (χ3v) is 17.2. The van der Waals surface area contributed by atoms with E-state index in [1.54, 1.807) is 14.2 Å². The molecule has 3 aliphatic carbocycles. The average molecular weight is 1030 g/mol. The molecule has 10 aromatic rings. The van der Waals surface area contributed by atoms with Gasteiger partial charge in [0.1, 0.15) is 11.5 Å². The van der Waals surface area contributed by atoms with Crippen molar-refractivity contribution in [1.29, 1.82) is 0 Å². The van der Waals surface area contributed by atoms with E-state index in [4.69, 9.17) is 9.47 Å². The molecule has 4 nitrogen and oxygen atoms in total. The van der Waals surface area contributed by atoms with Crippen LogP contribution in [0.3, 0.4) is 0 Å². The van der Waals surface area contributed by atoms with Crippen molar-refractivity contribution in [3.8, 4) is 44.9 Å². The van der Waals surface area contributed by atoms with E-state index >= 15 is 0 Å². The highest BCUT2D eigenvalue weighted by Crippen LogP contribution is 2.54. The van der Waals surface area contributed by atoms with Crippen LogP contribution in [0.2, 0.25) is 0 Å². The van der Waals surface area contributed by atoms with E-state index in [2.05, 4.69) is 270 Å². The van der Waals surface area contributed by atoms with Gasteiger partial charge in [0.05, 0.1) is 14.2 Å². The molecule has 3 aliphatic rings. The van der Waals surface area contributed by atoms with Crippen LogP contribution >= 0.6 is 0 Å². The van der Waals surface area contributed by atoms with Crippen LogP contribution in [0.25, 0.3) is 57.7 Å². The number of ether oxygens (including phenoxy) is 2. The Hall–Kier alpha value is -9.12. The largest absolute Gasteiger partial charge is 0.497 e. The minimum absolute atomic E-state index is 0.157. The topological polar surface area (TPSA) is 24.9 Å². The number of fused-ring (bicyclic) bond motifs is 9. The molecule has 10 aromatic carbocycles. The van der Waals surface area contributed by atoms with Gasteiger partial charge in [-0.05, 0) is 186 Å². The van der Waals surface area contributed by atoms with Crippen molar-refractivity contribution in [2.45, 2.75) is 57.8 Å². The molecule has 13 rings (SSSR count). The molecule has 0 aliphatic heterocycles. The maximum absolute atomic E-state index is 5.51. The van der Waals surface area contributed by atoms with Gasteiger partial charge in [-0.3, -0.25) is 0 Å². The fourth-order valence-electron chi connectivity index (χ4n) is 12.8. The molecule has 0 fully saturated rings. The summed E-state index contributed by atoms with van der Waals surface area (Å²) in [5.41, 5.74) is 26.9. The zero-order valence-electron chi connectivity index (χ0n) is 46.3. The third kappa shape index (κ3) is 8.46. The van der Waals surface area contributed by atoms with Crippen LogP contribution in [0.1, 0.15) is 97.2 Å². The lowest BCUT2D eigenvalue weighted by atomic mass is 9.81. The van der Waals surface area contributed by atoms with Gasteiger partial charge in [0.25, 0.3) is 0 Å². The summed E-state index contributed by atoms with van der Waals surface area (Å²) in [4.78, 5) is 4.66. The van der Waals surface area contributed by atoms with Gasteiger partial charge in [-0.2, -0.15) is 0 Å². The lowest BCUT2D eigenvalue weighted by molar-refractivity contribution is 0.414. The molecule has 0 saturated carbocycles. The second-order valence-electron chi connectivity index (χ2n) is 23.0. The summed E-state index contributed by atoms with van der Waals surface area (Å²) in [7, 11) is 3.42. The number of hydrogen-bond donors (Lipinski definition) is 0. The number of rotatable bonds is 12. The standard InChI is InChI=1S/C75H64N2O2/c1-73(2)67-43-49(19-21-51-25-39-63-65-41-31-57(47-71(65)74(3,4)69(63)45-51)76(53-15-11-9-12-16-53)55-27-33-59(78-7)34-28-55)23-37-61(67)62-38-24-50(44-68(62)73)20-22-52-26-40-64-66-42-32-58(48-72(66)75(5,6)70(64)46-52)77(54-17-13-10-14-18-54)56-29-35-60(79-8)36-30-56/h9-48H,1-8H3/b21-19+,22-20+. The van der Waals surface area contributed by atoms with Crippen LogP contribution in [0.5, 0.6) is 11.5 Å². The Labute approximate surface area is 466 Å². The van der Waals surface area contributed by atoms with Crippen molar-refractivity contribution in [2.75, 3.05) is 24.0 Å². The maximum Gasteiger partial charge on any atom is 0.119 e. The number of methoxy groups -OCH3 is 2. The van der Waals surface area contributed by atoms with Crippen molar-refractivity contribution in [1.82, 2.24) is 0 Å². The van der Waals surface area contributed by atoms with Gasteiger partial charge in [0, 0.05) is 50.4 Å². The van der Waals surface area contributed by atoms with E-state index in [1.165, 1.54) is 89.0 Å². The maximum atomic E-state index is 5.51. The lowest BCUT2D eigenvalue weighted by Gasteiger charge is -2.28. The summed E-state index contributed by atoms with van der Waals surface area (Å²) in [6.07, 6.45) is 9.13. The first-order valence-corrected chi connectivity index (χ1v) is 27.5. The zero-order valence-corrected chi connectivity index (χ0v) is 46.3. The van der Waals surface area contributed by atoms with E-state index in [1.807, 2.05) is 24.3 Å². The summed E-state index contributed by atoms with van der Waals surface area (Å²) >= 11 is 0. The summed E-state index contributed by atoms with van der Waals surface area (Å²) in [5, 5.41) is 0. The second-order valence-corrected chi connectivity index (χ2v) is 23.0. The number of para-hydroxylation sites is 2. The van der Waals surface area contributed by atoms with Gasteiger partial charge in [-0.25, -0.2) is 0 Å². The van der Waals surface area contributed by atoms with Gasteiger partial charge in [-0.15, -0.1) is 0 Å². The molecule has 0 unspecified atom stereocenters. The minimum atomic E-state index is -0.189. The normalized spacial score (nSPS) is 14.5. The summed E-state index contributed by atoms with van der Waals surface area (Å²) in [6, 6.07) is 79.7. The van der Waals surface area contributed by atoms with E-state index in [0.717, 1.165) is 45.6 Å². The quantitative estimate of drug-likeness (QED) is 0.114. The van der Waals surface area contributed by atoms with Crippen LogP contribution in [-0.4, -0.2) is 14.2 Å². The van der Waals surface area contributed by atoms with Gasteiger partial charge < -0.3 is 19.3 Å². The first kappa shape index (κ1) is 49.5. The minimum Gasteiger partial charge on any atom is -0.497 e. The van der Waals surface area contributed by atoms with Crippen molar-refractivity contribution in [2.24, 2.45) is 0 Å². The molecule has 0 saturated heterocycles. The molecular weight excluding hydrogens is 961 g/mol. The highest BCUT2D eigenvalue weighted by molar-refractivity contribution is 5.90. The van der Waals surface area contributed by atoms with E-state index < -0.39 is 0 Å². The molecule has 0 amide bonds. The van der Waals surface area contributed by atoms with Crippen molar-refractivity contribution >= 4 is 58.4 Å². The fraction of sp³-hybridized carbons (Fsp3) is 0.147. The number of hydrogen-bond acceptors (Lipinski definition) is 4. The summed E-state index contributed by atoms with van der Waals surface area (Å²) < 4.78 is 11.0. The number of anilines is 6. The predicted octanol–water partition coefficient (Wildman–Crippen LogP) is 19.9. The van der Waals surface area contributed by atoms with Crippen molar-refractivity contribution in [3.05, 3.63) is 274 Å². The first-order valence-electron chi connectivity index (χ1n) is 27.5.